The molecule has 2 nitrogen and oxygen atoms in total. The molecule has 0 amide bonds. The first-order valence-electron chi connectivity index (χ1n) is 4.49. The molecule has 0 aliphatic rings. The van der Waals surface area contributed by atoms with Gasteiger partial charge in [0.05, 0.1) is 12.0 Å². The average molecular weight is 288 g/mol. The summed E-state index contributed by atoms with van der Waals surface area (Å²) in [5.41, 5.74) is -0.0994. The molecule has 0 spiro atoms. The lowest BCUT2D eigenvalue weighted by Crippen LogP contribution is -2.06. The number of Topliss-reactive ketones (excluding diaryl/α,β-unsaturated/α-hetero) is 1. The minimum Gasteiger partial charge on any atom is -0.300 e. The van der Waals surface area contributed by atoms with Crippen LogP contribution in [0.1, 0.15) is 24.8 Å². The van der Waals surface area contributed by atoms with Gasteiger partial charge in [0, 0.05) is 16.5 Å². The number of halogens is 3. The predicted octanol–water partition coefficient (Wildman–Crippen LogP) is 3.31. The highest BCUT2D eigenvalue weighted by molar-refractivity contribution is 9.10. The van der Waals surface area contributed by atoms with E-state index in [1.54, 1.807) is 6.07 Å². The van der Waals surface area contributed by atoms with E-state index in [0.29, 0.717) is 4.47 Å². The van der Waals surface area contributed by atoms with Gasteiger partial charge in [-0.05, 0) is 19.1 Å². The van der Waals surface area contributed by atoms with E-state index in [1.165, 1.54) is 13.0 Å². The molecular weight excluding hydrogens is 280 g/mol. The number of benzene rings is 1. The van der Waals surface area contributed by atoms with Crippen molar-refractivity contribution >= 4 is 21.7 Å². The topological polar surface area (TPSA) is 40.9 Å². The van der Waals surface area contributed by atoms with Crippen LogP contribution in [0, 0.1) is 23.0 Å². The molecule has 0 aromatic heterocycles. The van der Waals surface area contributed by atoms with Gasteiger partial charge in [0.1, 0.15) is 5.78 Å². The fraction of sp³-hybridized carbons (Fsp3) is 0.273. The minimum atomic E-state index is -1.08. The van der Waals surface area contributed by atoms with Crippen LogP contribution in [0.15, 0.2) is 16.6 Å². The second kappa shape index (κ2) is 5.17. The lowest BCUT2D eigenvalue weighted by molar-refractivity contribution is -0.117. The molecular formula is C11H8BrF2NO. The third-order valence-corrected chi connectivity index (χ3v) is 2.77. The van der Waals surface area contributed by atoms with Gasteiger partial charge in [0.25, 0.3) is 0 Å². The standard InChI is InChI=1S/C11H8BrF2NO/c1-6(16)4-7(5-15)10-8(12)2-3-9(13)11(10)14/h2-3,7H,4H2,1H3. The van der Waals surface area contributed by atoms with E-state index in [-0.39, 0.29) is 17.8 Å². The number of carbonyl (C=O) groups excluding carboxylic acids is 1. The number of carbonyl (C=O) groups is 1. The lowest BCUT2D eigenvalue weighted by atomic mass is 9.95. The van der Waals surface area contributed by atoms with Gasteiger partial charge in [0.15, 0.2) is 11.6 Å². The van der Waals surface area contributed by atoms with Crippen LogP contribution in [0.25, 0.3) is 0 Å². The van der Waals surface area contributed by atoms with Crippen LogP contribution >= 0.6 is 15.9 Å². The van der Waals surface area contributed by atoms with Crippen LogP contribution in [0.5, 0.6) is 0 Å². The normalized spacial score (nSPS) is 11.9. The Morgan fingerprint density at radius 3 is 2.69 bits per heavy atom. The van der Waals surface area contributed by atoms with Gasteiger partial charge in [-0.15, -0.1) is 0 Å². The summed E-state index contributed by atoms with van der Waals surface area (Å²) in [6, 6.07) is 4.08. The maximum atomic E-state index is 13.5. The summed E-state index contributed by atoms with van der Waals surface area (Å²) in [7, 11) is 0. The Hall–Kier alpha value is -1.28. The molecule has 1 aromatic carbocycles. The van der Waals surface area contributed by atoms with Crippen molar-refractivity contribution in [3.05, 3.63) is 33.8 Å². The first-order chi connectivity index (χ1) is 7.47. The molecule has 84 valence electrons. The maximum absolute atomic E-state index is 13.5. The Balaban J connectivity index is 3.25. The molecule has 0 radical (unpaired) electrons. The van der Waals surface area contributed by atoms with Crippen LogP contribution in [0.3, 0.4) is 0 Å². The number of ketones is 1. The van der Waals surface area contributed by atoms with Crippen molar-refractivity contribution in [1.82, 2.24) is 0 Å². The lowest BCUT2D eigenvalue weighted by Gasteiger charge is -2.11. The highest BCUT2D eigenvalue weighted by atomic mass is 79.9. The van der Waals surface area contributed by atoms with E-state index in [0.717, 1.165) is 6.07 Å². The maximum Gasteiger partial charge on any atom is 0.164 e. The molecule has 0 N–H and O–H groups in total. The largest absolute Gasteiger partial charge is 0.300 e. The number of hydrogen-bond acceptors (Lipinski definition) is 2. The van der Waals surface area contributed by atoms with Crippen molar-refractivity contribution < 1.29 is 13.6 Å². The van der Waals surface area contributed by atoms with Gasteiger partial charge in [-0.25, -0.2) is 8.78 Å². The molecule has 1 rings (SSSR count). The molecule has 0 fully saturated rings. The monoisotopic (exact) mass is 287 g/mol. The van der Waals surface area contributed by atoms with Crippen LogP contribution in [0.4, 0.5) is 8.78 Å². The molecule has 0 aliphatic carbocycles. The smallest absolute Gasteiger partial charge is 0.164 e. The summed E-state index contributed by atoms with van der Waals surface area (Å²) < 4.78 is 26.8. The highest BCUT2D eigenvalue weighted by Gasteiger charge is 2.22. The Kier molecular flexibility index (Phi) is 4.13. The summed E-state index contributed by atoms with van der Waals surface area (Å²) >= 11 is 3.04. The molecule has 0 saturated heterocycles. The van der Waals surface area contributed by atoms with Crippen molar-refractivity contribution in [1.29, 1.82) is 5.26 Å². The van der Waals surface area contributed by atoms with Gasteiger partial charge < -0.3 is 0 Å². The van der Waals surface area contributed by atoms with E-state index in [9.17, 15) is 13.6 Å². The zero-order valence-electron chi connectivity index (χ0n) is 8.43. The molecule has 0 saturated carbocycles. The van der Waals surface area contributed by atoms with Crippen molar-refractivity contribution in [2.45, 2.75) is 19.3 Å². The molecule has 0 bridgehead atoms. The molecule has 1 unspecified atom stereocenters. The summed E-state index contributed by atoms with van der Waals surface area (Å²) in [4.78, 5) is 10.9. The van der Waals surface area contributed by atoms with Gasteiger partial charge >= 0.3 is 0 Å². The van der Waals surface area contributed by atoms with Crippen LogP contribution in [-0.4, -0.2) is 5.78 Å². The molecule has 0 aliphatic heterocycles. The Morgan fingerprint density at radius 2 is 2.19 bits per heavy atom. The Morgan fingerprint density at radius 1 is 1.56 bits per heavy atom. The predicted molar refractivity (Wildman–Crippen MR) is 57.7 cm³/mol. The minimum absolute atomic E-state index is 0.0994. The van der Waals surface area contributed by atoms with Crippen molar-refractivity contribution in [3.63, 3.8) is 0 Å². The summed E-state index contributed by atoms with van der Waals surface area (Å²) in [5, 5.41) is 8.86. The molecule has 5 heteroatoms. The van der Waals surface area contributed by atoms with E-state index >= 15 is 0 Å². The van der Waals surface area contributed by atoms with Gasteiger partial charge in [-0.3, -0.25) is 4.79 Å². The van der Waals surface area contributed by atoms with Gasteiger partial charge in [0.2, 0.25) is 0 Å². The first kappa shape index (κ1) is 12.8. The fourth-order valence-corrected chi connectivity index (χ4v) is 1.94. The third-order valence-electron chi connectivity index (χ3n) is 2.08. The Labute approximate surface area is 100 Å². The summed E-state index contributed by atoms with van der Waals surface area (Å²) in [6.45, 7) is 1.30. The van der Waals surface area contributed by atoms with Crippen molar-refractivity contribution in [2.24, 2.45) is 0 Å². The van der Waals surface area contributed by atoms with Crippen molar-refractivity contribution in [3.8, 4) is 6.07 Å². The summed E-state index contributed by atoms with van der Waals surface area (Å²) in [6.07, 6.45) is -0.129. The third kappa shape index (κ3) is 2.64. The number of rotatable bonds is 3. The highest BCUT2D eigenvalue weighted by Crippen LogP contribution is 2.31. The second-order valence-corrected chi connectivity index (χ2v) is 4.20. The van der Waals surface area contributed by atoms with E-state index in [1.807, 2.05) is 0 Å². The zero-order valence-corrected chi connectivity index (χ0v) is 10.0. The zero-order chi connectivity index (χ0) is 12.3. The summed E-state index contributed by atoms with van der Waals surface area (Å²) in [5.74, 6) is -3.33. The van der Waals surface area contributed by atoms with Crippen LogP contribution in [-0.2, 0) is 4.79 Å². The second-order valence-electron chi connectivity index (χ2n) is 3.34. The van der Waals surface area contributed by atoms with Gasteiger partial charge in [-0.1, -0.05) is 15.9 Å². The Bertz CT molecular complexity index is 468. The van der Waals surface area contributed by atoms with Crippen molar-refractivity contribution in [2.75, 3.05) is 0 Å². The quantitative estimate of drug-likeness (QED) is 0.800. The first-order valence-corrected chi connectivity index (χ1v) is 5.29. The van der Waals surface area contributed by atoms with E-state index < -0.39 is 17.6 Å². The van der Waals surface area contributed by atoms with Gasteiger partial charge in [-0.2, -0.15) is 5.26 Å². The SMILES string of the molecule is CC(=O)CC(C#N)c1c(Br)ccc(F)c1F. The number of hydrogen-bond donors (Lipinski definition) is 0. The van der Waals surface area contributed by atoms with E-state index in [2.05, 4.69) is 15.9 Å². The van der Waals surface area contributed by atoms with Crippen LogP contribution < -0.4 is 0 Å². The fourth-order valence-electron chi connectivity index (χ4n) is 1.36. The number of nitrogens with zero attached hydrogens (tertiary/aromatic N) is 1. The molecule has 16 heavy (non-hydrogen) atoms. The average Bonchev–Trinajstić information content (AvgIpc) is 2.22. The molecule has 0 heterocycles. The van der Waals surface area contributed by atoms with E-state index in [4.69, 9.17) is 5.26 Å². The molecule has 1 atom stereocenters. The molecule has 1 aromatic rings. The number of nitriles is 1. The van der Waals surface area contributed by atoms with Crippen LogP contribution in [0.2, 0.25) is 0 Å².